The van der Waals surface area contributed by atoms with Crippen LogP contribution in [0.25, 0.3) is 0 Å². The summed E-state index contributed by atoms with van der Waals surface area (Å²) in [4.78, 5) is 36.9. The van der Waals surface area contributed by atoms with Gasteiger partial charge in [0.15, 0.2) is 0 Å². The van der Waals surface area contributed by atoms with E-state index in [1.54, 1.807) is 37.3 Å². The van der Waals surface area contributed by atoms with Crippen LogP contribution < -0.4 is 5.32 Å². The Balaban J connectivity index is 1.75. The zero-order chi connectivity index (χ0) is 19.4. The lowest BCUT2D eigenvalue weighted by molar-refractivity contribution is 0.0599. The third kappa shape index (κ3) is 4.59. The minimum atomic E-state index is -0.389. The maximum absolute atomic E-state index is 12.8. The Labute approximate surface area is 158 Å². The first-order valence-electron chi connectivity index (χ1n) is 8.75. The fourth-order valence-corrected chi connectivity index (χ4v) is 2.87. The molecule has 1 fully saturated rings. The van der Waals surface area contributed by atoms with Crippen molar-refractivity contribution in [2.75, 3.05) is 45.7 Å². The Bertz CT molecular complexity index is 830. The summed E-state index contributed by atoms with van der Waals surface area (Å²) < 4.78 is 4.69. The number of esters is 1. The number of nitrogens with zero attached hydrogens (tertiary/aromatic N) is 4. The molecule has 0 bridgehead atoms. The monoisotopic (exact) mass is 369 g/mol. The second kappa shape index (κ2) is 8.13. The van der Waals surface area contributed by atoms with E-state index in [0.29, 0.717) is 36.0 Å². The summed E-state index contributed by atoms with van der Waals surface area (Å²) in [5.74, 6) is 0.576. The van der Waals surface area contributed by atoms with Crippen molar-refractivity contribution in [3.63, 3.8) is 0 Å². The lowest BCUT2D eigenvalue weighted by Crippen LogP contribution is -2.47. The molecule has 1 aromatic carbocycles. The summed E-state index contributed by atoms with van der Waals surface area (Å²) in [5.41, 5.74) is 1.59. The van der Waals surface area contributed by atoms with Gasteiger partial charge in [-0.15, -0.1) is 0 Å². The number of piperazine rings is 1. The number of nitrogens with one attached hydrogen (secondary N) is 1. The molecule has 0 spiro atoms. The second-order valence-electron chi connectivity index (χ2n) is 6.48. The molecule has 2 aromatic rings. The van der Waals surface area contributed by atoms with E-state index in [0.717, 1.165) is 18.8 Å². The molecule has 2 heterocycles. The van der Waals surface area contributed by atoms with Crippen LogP contribution in [0, 0.1) is 6.92 Å². The molecular formula is C19H23N5O3. The van der Waals surface area contributed by atoms with Crippen LogP contribution in [0.3, 0.4) is 0 Å². The maximum Gasteiger partial charge on any atom is 0.337 e. The number of carbonyl (C=O) groups is 2. The minimum Gasteiger partial charge on any atom is -0.465 e. The highest BCUT2D eigenvalue weighted by molar-refractivity contribution is 5.93. The van der Waals surface area contributed by atoms with Crippen LogP contribution in [0.5, 0.6) is 0 Å². The van der Waals surface area contributed by atoms with Crippen LogP contribution >= 0.6 is 0 Å². The number of aromatic nitrogens is 2. The molecule has 0 saturated carbocycles. The van der Waals surface area contributed by atoms with Crippen LogP contribution in [-0.2, 0) is 4.74 Å². The highest BCUT2D eigenvalue weighted by Gasteiger charge is 2.22. The number of amides is 1. The molecule has 1 aliphatic heterocycles. The van der Waals surface area contributed by atoms with Gasteiger partial charge in [0.25, 0.3) is 5.91 Å². The Morgan fingerprint density at radius 3 is 2.37 bits per heavy atom. The molecule has 1 aromatic heterocycles. The zero-order valence-corrected chi connectivity index (χ0v) is 15.7. The van der Waals surface area contributed by atoms with Gasteiger partial charge in [0.2, 0.25) is 0 Å². The normalized spacial score (nSPS) is 14.7. The summed E-state index contributed by atoms with van der Waals surface area (Å²) >= 11 is 0. The Morgan fingerprint density at radius 2 is 1.74 bits per heavy atom. The van der Waals surface area contributed by atoms with Gasteiger partial charge in [-0.1, -0.05) is 0 Å². The molecule has 1 amide bonds. The SMILES string of the molecule is COC(=O)c1ccc(Nc2cc(C(=O)N3CCN(C)CC3)nc(C)n2)cc1. The average molecular weight is 369 g/mol. The largest absolute Gasteiger partial charge is 0.465 e. The molecule has 1 aliphatic rings. The van der Waals surface area contributed by atoms with Gasteiger partial charge in [0.05, 0.1) is 12.7 Å². The fraction of sp³-hybridized carbons (Fsp3) is 0.368. The zero-order valence-electron chi connectivity index (χ0n) is 15.7. The van der Waals surface area contributed by atoms with E-state index in [4.69, 9.17) is 4.74 Å². The smallest absolute Gasteiger partial charge is 0.337 e. The van der Waals surface area contributed by atoms with E-state index in [9.17, 15) is 9.59 Å². The van der Waals surface area contributed by atoms with E-state index in [1.165, 1.54) is 7.11 Å². The summed E-state index contributed by atoms with van der Waals surface area (Å²) in [5, 5.41) is 3.15. The third-order valence-electron chi connectivity index (χ3n) is 4.43. The summed E-state index contributed by atoms with van der Waals surface area (Å²) in [6.07, 6.45) is 0. The molecule has 0 atom stereocenters. The highest BCUT2D eigenvalue weighted by Crippen LogP contribution is 2.18. The lowest BCUT2D eigenvalue weighted by Gasteiger charge is -2.32. The molecule has 1 saturated heterocycles. The summed E-state index contributed by atoms with van der Waals surface area (Å²) in [6, 6.07) is 8.50. The molecule has 3 rings (SSSR count). The number of hydrogen-bond acceptors (Lipinski definition) is 7. The van der Waals surface area contributed by atoms with Gasteiger partial charge >= 0.3 is 5.97 Å². The Hall–Kier alpha value is -3.00. The number of methoxy groups -OCH3 is 1. The number of benzene rings is 1. The van der Waals surface area contributed by atoms with Gasteiger partial charge in [-0.25, -0.2) is 14.8 Å². The van der Waals surface area contributed by atoms with Crippen molar-refractivity contribution in [3.8, 4) is 0 Å². The number of carbonyl (C=O) groups excluding carboxylic acids is 2. The van der Waals surface area contributed by atoms with Crippen LogP contribution in [0.15, 0.2) is 30.3 Å². The number of likely N-dealkylation sites (N-methyl/N-ethyl adjacent to an activating group) is 1. The van der Waals surface area contributed by atoms with Crippen molar-refractivity contribution in [2.24, 2.45) is 0 Å². The average Bonchev–Trinajstić information content (AvgIpc) is 2.67. The first-order valence-corrected chi connectivity index (χ1v) is 8.75. The molecule has 0 unspecified atom stereocenters. The van der Waals surface area contributed by atoms with E-state index in [-0.39, 0.29) is 11.9 Å². The molecule has 1 N–H and O–H groups in total. The quantitative estimate of drug-likeness (QED) is 0.821. The number of anilines is 2. The predicted octanol–water partition coefficient (Wildman–Crippen LogP) is 1.70. The number of aryl methyl sites for hydroxylation is 1. The van der Waals surface area contributed by atoms with Crippen LogP contribution in [0.4, 0.5) is 11.5 Å². The molecule has 8 heteroatoms. The summed E-state index contributed by atoms with van der Waals surface area (Å²) in [6.45, 7) is 4.85. The molecule has 0 radical (unpaired) electrons. The second-order valence-corrected chi connectivity index (χ2v) is 6.48. The van der Waals surface area contributed by atoms with Crippen molar-refractivity contribution in [1.82, 2.24) is 19.8 Å². The maximum atomic E-state index is 12.8. The van der Waals surface area contributed by atoms with Crippen molar-refractivity contribution < 1.29 is 14.3 Å². The van der Waals surface area contributed by atoms with Gasteiger partial charge < -0.3 is 19.9 Å². The van der Waals surface area contributed by atoms with Crippen molar-refractivity contribution in [3.05, 3.63) is 47.4 Å². The lowest BCUT2D eigenvalue weighted by atomic mass is 10.2. The van der Waals surface area contributed by atoms with Gasteiger partial charge in [0.1, 0.15) is 17.3 Å². The van der Waals surface area contributed by atoms with Crippen molar-refractivity contribution in [1.29, 1.82) is 0 Å². The Morgan fingerprint density at radius 1 is 1.07 bits per heavy atom. The first kappa shape index (κ1) is 18.8. The molecule has 27 heavy (non-hydrogen) atoms. The van der Waals surface area contributed by atoms with E-state index >= 15 is 0 Å². The van der Waals surface area contributed by atoms with E-state index in [2.05, 4.69) is 20.2 Å². The first-order chi connectivity index (χ1) is 13.0. The third-order valence-corrected chi connectivity index (χ3v) is 4.43. The molecular weight excluding hydrogens is 346 g/mol. The topological polar surface area (TPSA) is 87.7 Å². The fourth-order valence-electron chi connectivity index (χ4n) is 2.87. The minimum absolute atomic E-state index is 0.0855. The van der Waals surface area contributed by atoms with Gasteiger partial charge in [-0.05, 0) is 38.2 Å². The number of ether oxygens (including phenoxy) is 1. The Kier molecular flexibility index (Phi) is 5.66. The highest BCUT2D eigenvalue weighted by atomic mass is 16.5. The van der Waals surface area contributed by atoms with Gasteiger partial charge in [-0.3, -0.25) is 4.79 Å². The predicted molar refractivity (Wildman–Crippen MR) is 101 cm³/mol. The molecule has 142 valence electrons. The molecule has 0 aliphatic carbocycles. The van der Waals surface area contributed by atoms with Crippen molar-refractivity contribution in [2.45, 2.75) is 6.92 Å². The van der Waals surface area contributed by atoms with E-state index in [1.807, 2.05) is 11.9 Å². The van der Waals surface area contributed by atoms with Gasteiger partial charge in [0, 0.05) is 37.9 Å². The number of rotatable bonds is 4. The molecule has 8 nitrogen and oxygen atoms in total. The summed E-state index contributed by atoms with van der Waals surface area (Å²) in [7, 11) is 3.39. The van der Waals surface area contributed by atoms with Crippen LogP contribution in [0.2, 0.25) is 0 Å². The van der Waals surface area contributed by atoms with Crippen molar-refractivity contribution >= 4 is 23.4 Å². The standard InChI is InChI=1S/C19H23N5O3/c1-13-20-16(18(25)24-10-8-23(2)9-11-24)12-17(21-13)22-15-6-4-14(5-7-15)19(26)27-3/h4-7,12H,8-11H2,1-3H3,(H,20,21,22). The van der Waals surface area contributed by atoms with Gasteiger partial charge in [-0.2, -0.15) is 0 Å². The van der Waals surface area contributed by atoms with Crippen LogP contribution in [-0.4, -0.2) is 72.0 Å². The number of hydrogen-bond donors (Lipinski definition) is 1. The van der Waals surface area contributed by atoms with Crippen LogP contribution in [0.1, 0.15) is 26.7 Å². The van der Waals surface area contributed by atoms with E-state index < -0.39 is 0 Å².